The van der Waals surface area contributed by atoms with E-state index in [1.165, 1.54) is 4.90 Å². The van der Waals surface area contributed by atoms with Crippen molar-refractivity contribution in [3.8, 4) is 5.75 Å². The van der Waals surface area contributed by atoms with E-state index in [1.807, 2.05) is 0 Å². The molecule has 0 aromatic heterocycles. The molecule has 1 saturated heterocycles. The molecule has 3 rings (SSSR count). The van der Waals surface area contributed by atoms with E-state index in [9.17, 15) is 14.4 Å². The van der Waals surface area contributed by atoms with Crippen LogP contribution in [0.4, 0.5) is 0 Å². The van der Waals surface area contributed by atoms with Crippen LogP contribution in [0.5, 0.6) is 5.75 Å². The summed E-state index contributed by atoms with van der Waals surface area (Å²) in [5.41, 5.74) is 1.88. The van der Waals surface area contributed by atoms with Crippen molar-refractivity contribution in [1.82, 2.24) is 10.2 Å². The van der Waals surface area contributed by atoms with Crippen molar-refractivity contribution in [2.24, 2.45) is 0 Å². The molecule has 2 aliphatic rings. The first kappa shape index (κ1) is 16.0. The van der Waals surface area contributed by atoms with Crippen LogP contribution in [0, 0.1) is 0 Å². The van der Waals surface area contributed by atoms with Crippen molar-refractivity contribution < 1.29 is 19.1 Å². The van der Waals surface area contributed by atoms with Gasteiger partial charge in [-0.15, -0.1) is 0 Å². The van der Waals surface area contributed by atoms with E-state index >= 15 is 0 Å². The van der Waals surface area contributed by atoms with Gasteiger partial charge in [-0.25, -0.2) is 0 Å². The van der Waals surface area contributed by atoms with Gasteiger partial charge in [0.15, 0.2) is 12.4 Å². The fourth-order valence-electron chi connectivity index (χ4n) is 3.02. The largest absolute Gasteiger partial charge is 0.482 e. The van der Waals surface area contributed by atoms with Gasteiger partial charge in [0.25, 0.3) is 11.8 Å². The van der Waals surface area contributed by atoms with Crippen LogP contribution in [0.15, 0.2) is 42.8 Å². The minimum atomic E-state index is -0.705. The lowest BCUT2D eigenvalue weighted by atomic mass is 10.0. The van der Waals surface area contributed by atoms with Gasteiger partial charge < -0.3 is 10.1 Å². The molecule has 124 valence electrons. The third kappa shape index (κ3) is 2.50. The van der Waals surface area contributed by atoms with Crippen molar-refractivity contribution in [3.63, 3.8) is 0 Å². The Morgan fingerprint density at radius 1 is 1.33 bits per heavy atom. The number of amides is 2. The smallest absolute Gasteiger partial charge is 0.265 e. The number of allylic oxidation sites excluding steroid dienone is 1. The number of fused-ring (bicyclic) bond motifs is 1. The summed E-state index contributed by atoms with van der Waals surface area (Å²) in [6, 6.07) is 4.38. The second kappa shape index (κ2) is 5.96. The van der Waals surface area contributed by atoms with Crippen molar-refractivity contribution in [2.45, 2.75) is 31.9 Å². The molecular formula is C18H18N2O4. The second-order valence-electron chi connectivity index (χ2n) is 5.93. The van der Waals surface area contributed by atoms with Gasteiger partial charge in [0, 0.05) is 11.4 Å². The number of piperidine rings is 1. The monoisotopic (exact) mass is 326 g/mol. The van der Waals surface area contributed by atoms with Crippen LogP contribution in [0.25, 0.3) is 0 Å². The molecule has 0 bridgehead atoms. The Morgan fingerprint density at radius 2 is 2.08 bits per heavy atom. The van der Waals surface area contributed by atoms with Crippen LogP contribution in [-0.2, 0) is 4.79 Å². The highest BCUT2D eigenvalue weighted by Gasteiger charge is 2.43. The van der Waals surface area contributed by atoms with E-state index in [0.717, 1.165) is 5.70 Å². The lowest BCUT2D eigenvalue weighted by Crippen LogP contribution is -2.46. The predicted molar refractivity (Wildman–Crippen MR) is 87.5 cm³/mol. The molecule has 1 aromatic carbocycles. The zero-order chi connectivity index (χ0) is 17.4. The quantitative estimate of drug-likeness (QED) is 0.677. The minimum Gasteiger partial charge on any atom is -0.482 e. The molecule has 0 radical (unpaired) electrons. The number of nitrogens with one attached hydrogen (secondary N) is 1. The SMILES string of the molecule is C=C1CCC(N2C(=O)c3cccc(OC(C)C=O)c3C2=O)C(=C)N1. The lowest BCUT2D eigenvalue weighted by Gasteiger charge is -2.33. The molecule has 2 unspecified atom stereocenters. The molecule has 0 spiro atoms. The number of rotatable bonds is 4. The van der Waals surface area contributed by atoms with Gasteiger partial charge in [0.05, 0.1) is 17.2 Å². The summed E-state index contributed by atoms with van der Waals surface area (Å²) in [6.45, 7) is 9.33. The fourth-order valence-corrected chi connectivity index (χ4v) is 3.02. The van der Waals surface area contributed by atoms with Crippen LogP contribution in [0.2, 0.25) is 0 Å². The van der Waals surface area contributed by atoms with Crippen LogP contribution >= 0.6 is 0 Å². The molecule has 2 amide bonds. The number of nitrogens with zero attached hydrogens (tertiary/aromatic N) is 1. The summed E-state index contributed by atoms with van der Waals surface area (Å²) in [5, 5.41) is 3.02. The molecule has 0 aliphatic carbocycles. The van der Waals surface area contributed by atoms with E-state index in [2.05, 4.69) is 18.5 Å². The highest BCUT2D eigenvalue weighted by molar-refractivity contribution is 6.23. The van der Waals surface area contributed by atoms with Gasteiger partial charge in [0.2, 0.25) is 0 Å². The minimum absolute atomic E-state index is 0.202. The van der Waals surface area contributed by atoms with E-state index < -0.39 is 18.1 Å². The molecule has 2 heterocycles. The van der Waals surface area contributed by atoms with Crippen LogP contribution in [0.3, 0.4) is 0 Å². The number of imide groups is 1. The summed E-state index contributed by atoms with van der Waals surface area (Å²) in [6.07, 6.45) is 1.17. The maximum Gasteiger partial charge on any atom is 0.265 e. The number of aldehydes is 1. The highest BCUT2D eigenvalue weighted by atomic mass is 16.5. The maximum absolute atomic E-state index is 12.9. The van der Waals surface area contributed by atoms with Crippen LogP contribution in [-0.4, -0.2) is 35.1 Å². The third-order valence-electron chi connectivity index (χ3n) is 4.18. The zero-order valence-corrected chi connectivity index (χ0v) is 13.4. The van der Waals surface area contributed by atoms with Gasteiger partial charge >= 0.3 is 0 Å². The van der Waals surface area contributed by atoms with Crippen LogP contribution < -0.4 is 10.1 Å². The molecule has 24 heavy (non-hydrogen) atoms. The van der Waals surface area contributed by atoms with E-state index in [1.54, 1.807) is 25.1 Å². The standard InChI is InChI=1S/C18H18N2O4/c1-10-7-8-14(12(3)19-10)20-17(22)13-5-4-6-15(16(13)18(20)23)24-11(2)9-21/h4-6,9,11,14,19H,1,3,7-8H2,2H3. The first-order valence-corrected chi connectivity index (χ1v) is 7.70. The normalized spacial score (nSPS) is 21.4. The summed E-state index contributed by atoms with van der Waals surface area (Å²) in [7, 11) is 0. The molecule has 2 atom stereocenters. The Hall–Kier alpha value is -2.89. The first-order chi connectivity index (χ1) is 11.4. The average Bonchev–Trinajstić information content (AvgIpc) is 2.80. The summed E-state index contributed by atoms with van der Waals surface area (Å²) in [4.78, 5) is 37.6. The van der Waals surface area contributed by atoms with E-state index in [4.69, 9.17) is 4.74 Å². The first-order valence-electron chi connectivity index (χ1n) is 7.70. The van der Waals surface area contributed by atoms with Gasteiger partial charge in [-0.05, 0) is 31.9 Å². The number of carbonyl (C=O) groups is 3. The Labute approximate surface area is 139 Å². The van der Waals surface area contributed by atoms with Crippen molar-refractivity contribution in [1.29, 1.82) is 0 Å². The molecule has 1 fully saturated rings. The number of ether oxygens (including phenoxy) is 1. The number of hydrogen-bond acceptors (Lipinski definition) is 5. The number of hydrogen-bond donors (Lipinski definition) is 1. The Bertz CT molecular complexity index is 768. The Morgan fingerprint density at radius 3 is 2.75 bits per heavy atom. The molecule has 2 aliphatic heterocycles. The maximum atomic E-state index is 12.9. The average molecular weight is 326 g/mol. The zero-order valence-electron chi connectivity index (χ0n) is 13.4. The lowest BCUT2D eigenvalue weighted by molar-refractivity contribution is -0.113. The van der Waals surface area contributed by atoms with Gasteiger partial charge in [0.1, 0.15) is 5.75 Å². The summed E-state index contributed by atoms with van der Waals surface area (Å²) < 4.78 is 5.48. The topological polar surface area (TPSA) is 75.7 Å². The summed E-state index contributed by atoms with van der Waals surface area (Å²) in [5.74, 6) is -0.560. The fraction of sp³-hybridized carbons (Fsp3) is 0.278. The Balaban J connectivity index is 1.97. The molecule has 1 N–H and O–H groups in total. The number of benzene rings is 1. The predicted octanol–water partition coefficient (Wildman–Crippen LogP) is 2.03. The van der Waals surface area contributed by atoms with Gasteiger partial charge in [-0.3, -0.25) is 19.3 Å². The third-order valence-corrected chi connectivity index (χ3v) is 4.18. The molecule has 0 saturated carbocycles. The molecular weight excluding hydrogens is 308 g/mol. The van der Waals surface area contributed by atoms with E-state index in [-0.39, 0.29) is 22.8 Å². The molecule has 6 nitrogen and oxygen atoms in total. The van der Waals surface area contributed by atoms with Crippen molar-refractivity contribution in [3.05, 3.63) is 53.9 Å². The second-order valence-corrected chi connectivity index (χ2v) is 5.93. The van der Waals surface area contributed by atoms with Crippen LogP contribution in [0.1, 0.15) is 40.5 Å². The molecule has 1 aromatic rings. The van der Waals surface area contributed by atoms with Crippen molar-refractivity contribution >= 4 is 18.1 Å². The highest BCUT2D eigenvalue weighted by Crippen LogP contribution is 2.35. The van der Waals surface area contributed by atoms with Gasteiger partial charge in [-0.2, -0.15) is 0 Å². The molecule has 6 heteroatoms. The summed E-state index contributed by atoms with van der Waals surface area (Å²) >= 11 is 0. The van der Waals surface area contributed by atoms with Crippen molar-refractivity contribution in [2.75, 3.05) is 0 Å². The van der Waals surface area contributed by atoms with E-state index in [0.29, 0.717) is 24.8 Å². The Kier molecular flexibility index (Phi) is 3.97. The number of carbonyl (C=O) groups excluding carboxylic acids is 3. The van der Waals surface area contributed by atoms with Gasteiger partial charge in [-0.1, -0.05) is 19.2 Å².